The number of unbranched alkanes of at least 4 members (excludes halogenated alkanes) is 19. The Morgan fingerprint density at radius 2 is 1.12 bits per heavy atom. The summed E-state index contributed by atoms with van der Waals surface area (Å²) >= 11 is 0. The summed E-state index contributed by atoms with van der Waals surface area (Å²) in [6.07, 6.45) is 42.3. The summed E-state index contributed by atoms with van der Waals surface area (Å²) in [4.78, 5) is 46.1. The number of carbonyl (C=O) groups is 3. The predicted molar refractivity (Wildman–Crippen MR) is 235 cm³/mol. The number of nitrogens with two attached hydrogens (primary N) is 1. The van der Waals surface area contributed by atoms with Crippen LogP contribution in [0.15, 0.2) is 36.5 Å². The summed E-state index contributed by atoms with van der Waals surface area (Å²) < 4.78 is 38.5. The number of ether oxygens (including phenoxy) is 3. The quantitative estimate of drug-likeness (QED) is 0.0174. The zero-order chi connectivity index (χ0) is 43.2. The third-order valence-electron chi connectivity index (χ3n) is 10.3. The summed E-state index contributed by atoms with van der Waals surface area (Å²) in [6.45, 7) is 2.73. The number of rotatable bonds is 42. The van der Waals surface area contributed by atoms with E-state index in [1.807, 2.05) is 0 Å². The van der Waals surface area contributed by atoms with Crippen LogP contribution in [0.1, 0.15) is 194 Å². The Morgan fingerprint density at radius 1 is 0.627 bits per heavy atom. The van der Waals surface area contributed by atoms with Gasteiger partial charge in [0, 0.05) is 12.8 Å². The van der Waals surface area contributed by atoms with E-state index < -0.39 is 51.1 Å². The number of hydrogen-bond acceptors (Lipinski definition) is 10. The minimum Gasteiger partial charge on any atom is -0.480 e. The SMILES string of the molecule is CCCCC/C=C\C/C=C\CCCCCCCCCCCC(=O)O[C@H](COC(=O)CCCCCCC/C=C\CC1OC1CCCCC)COP(=O)(O)OC[C@H](N)C(=O)O. The molecule has 1 aliphatic rings. The number of carboxylic acid groups (broad SMARTS) is 1. The van der Waals surface area contributed by atoms with Gasteiger partial charge in [-0.05, 0) is 70.6 Å². The molecule has 0 aromatic heterocycles. The van der Waals surface area contributed by atoms with E-state index in [1.165, 1.54) is 83.5 Å². The molecule has 1 heterocycles. The molecule has 0 amide bonds. The number of epoxide rings is 1. The number of esters is 2. The van der Waals surface area contributed by atoms with Crippen molar-refractivity contribution in [3.8, 4) is 0 Å². The van der Waals surface area contributed by atoms with Gasteiger partial charge in [-0.2, -0.15) is 0 Å². The number of aliphatic carboxylic acids is 1. The van der Waals surface area contributed by atoms with Crippen molar-refractivity contribution in [3.05, 3.63) is 36.5 Å². The van der Waals surface area contributed by atoms with Gasteiger partial charge >= 0.3 is 25.7 Å². The third kappa shape index (κ3) is 35.0. The Hall–Kier alpha value is -2.34. The lowest BCUT2D eigenvalue weighted by atomic mass is 10.1. The van der Waals surface area contributed by atoms with E-state index in [-0.39, 0.29) is 19.4 Å². The Labute approximate surface area is 357 Å². The maximum Gasteiger partial charge on any atom is 0.472 e. The van der Waals surface area contributed by atoms with Gasteiger partial charge in [0.05, 0.1) is 25.4 Å². The summed E-state index contributed by atoms with van der Waals surface area (Å²) in [6, 6.07) is -1.53. The van der Waals surface area contributed by atoms with E-state index in [1.54, 1.807) is 0 Å². The minimum atomic E-state index is -4.73. The van der Waals surface area contributed by atoms with Crippen LogP contribution in [0.25, 0.3) is 0 Å². The second kappa shape index (κ2) is 37.4. The second-order valence-corrected chi connectivity index (χ2v) is 17.4. The van der Waals surface area contributed by atoms with E-state index in [4.69, 9.17) is 29.6 Å². The largest absolute Gasteiger partial charge is 0.480 e. The van der Waals surface area contributed by atoms with E-state index in [0.717, 1.165) is 70.6 Å². The first-order valence-corrected chi connectivity index (χ1v) is 24.6. The van der Waals surface area contributed by atoms with Crippen LogP contribution in [0.4, 0.5) is 0 Å². The number of phosphoric acid groups is 1. The van der Waals surface area contributed by atoms with Gasteiger partial charge in [-0.15, -0.1) is 0 Å². The maximum absolute atomic E-state index is 12.7. The van der Waals surface area contributed by atoms with Crippen LogP contribution in [-0.2, 0) is 42.2 Å². The maximum atomic E-state index is 12.7. The molecule has 0 bridgehead atoms. The summed E-state index contributed by atoms with van der Waals surface area (Å²) in [5.74, 6) is -2.41. The van der Waals surface area contributed by atoms with Gasteiger partial charge in [0.25, 0.3) is 0 Å². The van der Waals surface area contributed by atoms with Gasteiger partial charge < -0.3 is 29.9 Å². The second-order valence-electron chi connectivity index (χ2n) is 15.9. The Bertz CT molecular complexity index is 1210. The fourth-order valence-electron chi connectivity index (χ4n) is 6.51. The lowest BCUT2D eigenvalue weighted by Gasteiger charge is -2.20. The zero-order valence-corrected chi connectivity index (χ0v) is 37.7. The van der Waals surface area contributed by atoms with Gasteiger partial charge in [-0.25, -0.2) is 4.57 Å². The molecular weight excluding hydrogens is 773 g/mol. The van der Waals surface area contributed by atoms with Crippen molar-refractivity contribution in [1.29, 1.82) is 0 Å². The number of carbonyl (C=O) groups excluding carboxylic acids is 2. The van der Waals surface area contributed by atoms with Crippen LogP contribution in [-0.4, -0.2) is 72.1 Å². The average molecular weight is 856 g/mol. The highest BCUT2D eigenvalue weighted by molar-refractivity contribution is 7.47. The third-order valence-corrected chi connectivity index (χ3v) is 11.2. The van der Waals surface area contributed by atoms with Crippen molar-refractivity contribution in [2.75, 3.05) is 19.8 Å². The van der Waals surface area contributed by atoms with E-state index in [0.29, 0.717) is 25.0 Å². The molecule has 0 aromatic rings. The molecule has 1 saturated heterocycles. The van der Waals surface area contributed by atoms with Crippen LogP contribution in [0.2, 0.25) is 0 Å². The van der Waals surface area contributed by atoms with Crippen LogP contribution < -0.4 is 5.73 Å². The molecule has 0 saturated carbocycles. The molecule has 342 valence electrons. The van der Waals surface area contributed by atoms with Crippen LogP contribution in [0.5, 0.6) is 0 Å². The molecule has 3 unspecified atom stereocenters. The lowest BCUT2D eigenvalue weighted by Crippen LogP contribution is -2.34. The Kier molecular flexibility index (Phi) is 34.7. The molecule has 13 heteroatoms. The number of hydrogen-bond donors (Lipinski definition) is 3. The van der Waals surface area contributed by atoms with Gasteiger partial charge in [-0.1, -0.05) is 147 Å². The van der Waals surface area contributed by atoms with Gasteiger partial charge in [0.1, 0.15) is 12.6 Å². The highest BCUT2D eigenvalue weighted by atomic mass is 31.2. The monoisotopic (exact) mass is 856 g/mol. The normalized spacial score (nSPS) is 17.4. The van der Waals surface area contributed by atoms with Crippen molar-refractivity contribution >= 4 is 25.7 Å². The van der Waals surface area contributed by atoms with Crippen molar-refractivity contribution in [3.63, 3.8) is 0 Å². The molecule has 0 aliphatic carbocycles. The van der Waals surface area contributed by atoms with Gasteiger partial charge in [0.15, 0.2) is 6.10 Å². The standard InChI is InChI=1S/C46H82NO11P/c1-3-5-7-8-9-10-11-12-13-14-15-16-17-18-19-20-25-28-32-36-45(49)57-40(38-55-59(52,53)56-39-41(47)46(50)51)37-54-44(48)35-31-27-24-22-21-23-26-30-34-43-42(58-43)33-29-6-4-2/h9-10,12-13,26,30,40-43H,3-8,11,14-25,27-29,31-39,47H2,1-2H3,(H,50,51)(H,52,53)/b10-9-,13-12-,30-26-/t40-,41+,42?,43?/m1/s1. The zero-order valence-electron chi connectivity index (χ0n) is 36.8. The van der Waals surface area contributed by atoms with E-state index >= 15 is 0 Å². The van der Waals surface area contributed by atoms with Crippen LogP contribution >= 0.6 is 7.82 Å². The van der Waals surface area contributed by atoms with Gasteiger partial charge in [0.2, 0.25) is 0 Å². The first-order valence-electron chi connectivity index (χ1n) is 23.1. The van der Waals surface area contributed by atoms with Crippen LogP contribution in [0.3, 0.4) is 0 Å². The molecule has 4 N–H and O–H groups in total. The Morgan fingerprint density at radius 3 is 1.69 bits per heavy atom. The fraction of sp³-hybridized carbons (Fsp3) is 0.804. The highest BCUT2D eigenvalue weighted by Gasteiger charge is 2.36. The lowest BCUT2D eigenvalue weighted by molar-refractivity contribution is -0.161. The number of allylic oxidation sites excluding steroid dienone is 5. The van der Waals surface area contributed by atoms with Crippen molar-refractivity contribution in [2.24, 2.45) is 5.73 Å². The first kappa shape index (κ1) is 54.7. The molecular formula is C46H82NO11P. The van der Waals surface area contributed by atoms with E-state index in [2.05, 4.69) is 54.8 Å². The van der Waals surface area contributed by atoms with Crippen molar-refractivity contribution in [2.45, 2.75) is 218 Å². The highest BCUT2D eigenvalue weighted by Crippen LogP contribution is 2.43. The van der Waals surface area contributed by atoms with Gasteiger partial charge in [-0.3, -0.25) is 23.4 Å². The molecule has 1 rings (SSSR count). The molecule has 5 atom stereocenters. The number of phosphoric ester groups is 1. The smallest absolute Gasteiger partial charge is 0.472 e. The molecule has 59 heavy (non-hydrogen) atoms. The van der Waals surface area contributed by atoms with E-state index in [9.17, 15) is 23.8 Å². The summed E-state index contributed by atoms with van der Waals surface area (Å²) in [5, 5.41) is 8.90. The predicted octanol–water partition coefficient (Wildman–Crippen LogP) is 11.4. The molecule has 0 aromatic carbocycles. The Balaban J connectivity index is 2.25. The average Bonchev–Trinajstić information content (AvgIpc) is 3.97. The first-order chi connectivity index (χ1) is 28.6. The summed E-state index contributed by atoms with van der Waals surface area (Å²) in [5.41, 5.74) is 5.34. The molecule has 0 spiro atoms. The van der Waals surface area contributed by atoms with Crippen LogP contribution in [0, 0.1) is 0 Å². The minimum absolute atomic E-state index is 0.150. The molecule has 1 fully saturated rings. The number of carboxylic acids is 1. The molecule has 12 nitrogen and oxygen atoms in total. The molecule has 0 radical (unpaired) electrons. The topological polar surface area (TPSA) is 184 Å². The molecule has 1 aliphatic heterocycles. The fourth-order valence-corrected chi connectivity index (χ4v) is 7.29. The summed E-state index contributed by atoms with van der Waals surface area (Å²) in [7, 11) is -4.73. The van der Waals surface area contributed by atoms with Crippen molar-refractivity contribution < 1.29 is 52.2 Å². The van der Waals surface area contributed by atoms with Crippen molar-refractivity contribution in [1.82, 2.24) is 0 Å².